The van der Waals surface area contributed by atoms with Gasteiger partial charge < -0.3 is 45.0 Å². The minimum Gasteiger partial charge on any atom is -0.479 e. The molecule has 0 aliphatic heterocycles. The summed E-state index contributed by atoms with van der Waals surface area (Å²) < 4.78 is 109. The lowest BCUT2D eigenvalue weighted by Crippen LogP contribution is -2.71. The zero-order valence-corrected chi connectivity index (χ0v) is 57.7. The van der Waals surface area contributed by atoms with Crippen molar-refractivity contribution in [2.45, 2.75) is 217 Å². The topological polar surface area (TPSA) is 297 Å². The summed E-state index contributed by atoms with van der Waals surface area (Å²) in [7, 11) is 2.99. The Morgan fingerprint density at radius 3 is 1.14 bits per heavy atom. The summed E-state index contributed by atoms with van der Waals surface area (Å²) >= 11 is 0.426. The van der Waals surface area contributed by atoms with Crippen molar-refractivity contribution in [1.29, 1.82) is 0 Å². The third-order valence-corrected chi connectivity index (χ3v) is 28.2. The Kier molecular flexibility index (Phi) is 18.3. The second kappa shape index (κ2) is 23.9. The van der Waals surface area contributed by atoms with Crippen molar-refractivity contribution in [1.82, 2.24) is 4.90 Å². The second-order valence-electron chi connectivity index (χ2n) is 31.5. The summed E-state index contributed by atoms with van der Waals surface area (Å²) in [5.41, 5.74) is -21.2. The van der Waals surface area contributed by atoms with Crippen LogP contribution in [-0.4, -0.2) is 172 Å². The van der Waals surface area contributed by atoms with Crippen LogP contribution in [0.4, 0.5) is 31.1 Å². The van der Waals surface area contributed by atoms with Crippen molar-refractivity contribution in [2.75, 3.05) is 14.1 Å². The average Bonchev–Trinajstić information content (AvgIpc) is 1.64. The van der Waals surface area contributed by atoms with Crippen molar-refractivity contribution in [3.8, 4) is 0 Å². The van der Waals surface area contributed by atoms with Crippen LogP contribution in [0.25, 0.3) is 0 Å². The molecule has 12 rings (SSSR count). The van der Waals surface area contributed by atoms with E-state index in [1.807, 2.05) is 0 Å². The maximum atomic E-state index is 17.4. The predicted octanol–water partition coefficient (Wildman–Crippen LogP) is 9.88. The summed E-state index contributed by atoms with van der Waals surface area (Å²) in [6.45, 7) is 17.5. The molecule has 12 aliphatic rings. The van der Waals surface area contributed by atoms with E-state index in [1.54, 1.807) is 55.4 Å². The van der Waals surface area contributed by atoms with Crippen LogP contribution in [0, 0.1) is 85.8 Å². The first-order valence-electron chi connectivity index (χ1n) is 33.7. The van der Waals surface area contributed by atoms with E-state index < -0.39 is 208 Å². The molecule has 534 valence electrons. The summed E-state index contributed by atoms with van der Waals surface area (Å²) in [5.74, 6) is -12.2. The largest absolute Gasteiger partial charge is 0.479 e. The second-order valence-corrected chi connectivity index (χ2v) is 32.5. The number of hydrogen-bond donors (Lipinski definition) is 6. The third kappa shape index (κ3) is 9.55. The Bertz CT molecular complexity index is 3600. The number of esters is 2. The molecular weight excluding hydrogens is 1300 g/mol. The molecule has 18 nitrogen and oxygen atoms in total. The summed E-state index contributed by atoms with van der Waals surface area (Å²) in [4.78, 5) is 113. The van der Waals surface area contributed by atoms with Crippen molar-refractivity contribution < 1.29 is 110 Å². The van der Waals surface area contributed by atoms with Gasteiger partial charge in [-0.05, 0) is 155 Å². The molecule has 6 N–H and O–H groups in total. The van der Waals surface area contributed by atoms with Gasteiger partial charge in [0.05, 0.1) is 18.3 Å². The van der Waals surface area contributed by atoms with Gasteiger partial charge in [-0.25, -0.2) is 35.9 Å². The van der Waals surface area contributed by atoms with Gasteiger partial charge in [-0.1, -0.05) is 73.6 Å². The van der Waals surface area contributed by atoms with Crippen LogP contribution in [0.2, 0.25) is 0 Å². The van der Waals surface area contributed by atoms with Gasteiger partial charge in [-0.3, -0.25) is 33.6 Å². The first-order chi connectivity index (χ1) is 44.7. The summed E-state index contributed by atoms with van der Waals surface area (Å²) in [5, 5.41) is 63.6. The highest BCUT2D eigenvalue weighted by Gasteiger charge is 2.82. The Labute approximate surface area is 564 Å². The summed E-state index contributed by atoms with van der Waals surface area (Å²) in [6.07, 6.45) is 0.385. The fourth-order valence-electron chi connectivity index (χ4n) is 22.2. The quantitative estimate of drug-likeness (QED) is 0.102. The number of alkyl halides is 6. The molecule has 25 heteroatoms. The number of carboxylic acid groups (broad SMARTS) is 2. The molecule has 12 aliphatic carbocycles. The molecule has 6 unspecified atom stereocenters. The van der Waals surface area contributed by atoms with Crippen molar-refractivity contribution >= 4 is 63.3 Å². The molecule has 9 saturated carbocycles. The number of allylic oxidation sites excluding steroid dienone is 12. The van der Waals surface area contributed by atoms with Crippen molar-refractivity contribution in [3.63, 3.8) is 0 Å². The number of carboxylic acids is 2. The van der Waals surface area contributed by atoms with Gasteiger partial charge in [-0.15, -0.1) is 0 Å². The molecule has 0 spiro atoms. The Morgan fingerprint density at radius 1 is 0.505 bits per heavy atom. The van der Waals surface area contributed by atoms with Crippen LogP contribution >= 0.6 is 11.8 Å². The van der Waals surface area contributed by atoms with Gasteiger partial charge in [-0.2, -0.15) is 0 Å². The fourth-order valence-corrected chi connectivity index (χ4v) is 23.2. The molecule has 0 aromatic heterocycles. The number of fused-ring (bicyclic) bond motifs is 15. The van der Waals surface area contributed by atoms with Gasteiger partial charge in [0, 0.05) is 101 Å². The maximum Gasteiger partial charge on any atom is 0.349 e. The highest BCUT2D eigenvalue weighted by molar-refractivity contribution is 8.26. The van der Waals surface area contributed by atoms with Crippen LogP contribution in [-0.2, 0) is 47.8 Å². The van der Waals surface area contributed by atoms with Gasteiger partial charge in [0.1, 0.15) is 18.5 Å². The fraction of sp³-hybridized carbons (Fsp3) is 0.708. The van der Waals surface area contributed by atoms with E-state index in [9.17, 15) is 73.8 Å². The first kappa shape index (κ1) is 73.9. The van der Waals surface area contributed by atoms with E-state index in [2.05, 4.69) is 0 Å². The van der Waals surface area contributed by atoms with Crippen LogP contribution in [0.1, 0.15) is 147 Å². The molecule has 1 amide bonds. The molecule has 0 aromatic carbocycles. The van der Waals surface area contributed by atoms with E-state index in [1.165, 1.54) is 76.2 Å². The Morgan fingerprint density at radius 2 is 0.814 bits per heavy atom. The number of amides is 1. The van der Waals surface area contributed by atoms with Gasteiger partial charge in [0.25, 0.3) is 5.24 Å². The minimum absolute atomic E-state index is 0.0133. The number of rotatable bonds is 7. The zero-order chi connectivity index (χ0) is 72.4. The van der Waals surface area contributed by atoms with Crippen LogP contribution in [0.5, 0.6) is 0 Å². The predicted molar refractivity (Wildman–Crippen MR) is 340 cm³/mol. The monoisotopic (exact) mass is 1390 g/mol. The SMILES string of the molecule is CCC(=O)O[C@]1(C(=O)O)[C@H](C)CC2C3C[C@H](F)C4=CC(=O)C=C[C@]4(C)[C@@]3(F)[C@@H](O)C[C@@]21C.CCC(=O)O[C@]1(C(=O)SC(=O)N(C)C)[C@H](C)CC2C3C[C@H](F)C4=CC(=O)C=C[C@]4(C)[C@@]3(F)[C@@H](O)C[C@@]21C.C[C@@H]1CC2C3C[C@H](F)C4=CC(=O)C=C[C@]4(C)[C@@]3(F)[C@@H](O)C[C@]2(C)[C@@]1(O)C(=O)O. The lowest BCUT2D eigenvalue weighted by molar-refractivity contribution is -0.237. The maximum absolute atomic E-state index is 17.4. The molecule has 0 heterocycles. The Hall–Kier alpha value is -5.76. The number of hydrogen-bond acceptors (Lipinski definition) is 16. The van der Waals surface area contributed by atoms with E-state index in [4.69, 9.17) is 9.47 Å². The number of carbonyl (C=O) groups is 9. The number of ketones is 3. The van der Waals surface area contributed by atoms with E-state index in [0.717, 1.165) is 18.2 Å². The first-order valence-corrected chi connectivity index (χ1v) is 34.5. The lowest BCUT2D eigenvalue weighted by Gasteiger charge is -2.63. The molecule has 0 saturated heterocycles. The third-order valence-electron chi connectivity index (χ3n) is 27.2. The molecule has 27 atom stereocenters. The van der Waals surface area contributed by atoms with E-state index >= 15 is 26.3 Å². The standard InChI is InChI=1S/C27H35F2NO6S.C24H30F2O6.C21H26F2O5/c1-7-21(33)36-27(22(34)37-23(35)30(5)6)14(2)10-16-17-12-19(28)18-11-15(31)8-9-24(18,3)26(17,29)20(32)13-25(16,27)4;1-5-19(29)32-24(20(30)31)12(2)8-14-15-10-17(25)16-9-13(27)6-7-21(16,3)23(15,26)18(28)11-22(14,24)4;1-10-6-12-13-8-15(22)14-7-11(24)4-5-18(14,2)20(13,23)16(25)9-19(12,3)21(10,28)17(26)27/h8-9,11,14,16-17,19-20,32H,7,10,12-13H2,1-6H3;6-7,9,12,14-15,17-18,28H,5,8,10-11H2,1-4H3,(H,30,31);4-5,7,10,12-13,15-16,25,28H,6,8-9H2,1-3H3,(H,26,27)/t14-,16?,17?,19+,20+,24+,25+,26+,27+;12-,14?,15?,17+,18+,21+,22+,23+,24+;10-,12?,13?,15+,16+,18+,19+,20+,21+/m111/s1. The number of thioether (sulfide) groups is 1. The van der Waals surface area contributed by atoms with Gasteiger partial charge in [0.15, 0.2) is 45.6 Å². The molecule has 0 radical (unpaired) electrons. The van der Waals surface area contributed by atoms with Gasteiger partial charge >= 0.3 is 23.9 Å². The van der Waals surface area contributed by atoms with E-state index in [-0.39, 0.29) is 87.3 Å². The van der Waals surface area contributed by atoms with Crippen LogP contribution < -0.4 is 0 Å². The average molecular weight is 1390 g/mol. The molecule has 0 bridgehead atoms. The van der Waals surface area contributed by atoms with Crippen LogP contribution in [0.3, 0.4) is 0 Å². The lowest BCUT2D eigenvalue weighted by atomic mass is 9.44. The number of halogens is 6. The number of aliphatic hydroxyl groups excluding tert-OH is 3. The number of carbonyl (C=O) groups excluding carboxylic acids is 7. The highest BCUT2D eigenvalue weighted by Crippen LogP contribution is 2.75. The number of aliphatic hydroxyl groups is 4. The molecule has 97 heavy (non-hydrogen) atoms. The smallest absolute Gasteiger partial charge is 0.349 e. The molecule has 0 aromatic rings. The molecule has 9 fully saturated rings. The number of nitrogens with zero attached hydrogens (tertiary/aromatic N) is 1. The minimum atomic E-state index is -2.32. The Balaban J connectivity index is 0.000000159. The normalized spacial score (nSPS) is 49.2. The van der Waals surface area contributed by atoms with Crippen molar-refractivity contribution in [2.24, 2.45) is 85.8 Å². The number of ether oxygens (including phenoxy) is 2. The summed E-state index contributed by atoms with van der Waals surface area (Å²) in [6, 6.07) is 0. The van der Waals surface area contributed by atoms with E-state index in [0.29, 0.717) is 11.8 Å². The number of aliphatic carboxylic acids is 2. The zero-order valence-electron chi connectivity index (χ0n) is 56.9. The van der Waals surface area contributed by atoms with Crippen molar-refractivity contribution in [3.05, 3.63) is 71.4 Å². The van der Waals surface area contributed by atoms with Gasteiger partial charge in [0.2, 0.25) is 10.7 Å². The van der Waals surface area contributed by atoms with Crippen LogP contribution in [0.15, 0.2) is 71.4 Å². The molecular formula is C72H91F6NO17S. The highest BCUT2D eigenvalue weighted by atomic mass is 32.2.